The Morgan fingerprint density at radius 2 is 2.31 bits per heavy atom. The maximum atomic E-state index is 5.84. The highest BCUT2D eigenvalue weighted by Gasteiger charge is 2.33. The topological polar surface area (TPSA) is 42.1 Å². The summed E-state index contributed by atoms with van der Waals surface area (Å²) in [5, 5.41) is 0. The standard InChI is InChI=1S/C12H18BrN3/c1-8-5-12(15-7-10(8)13)16(2)11(6-14)9-3-4-9/h5,7,9,11H,3-4,6,14H2,1-2H3. The Kier molecular flexibility index (Phi) is 3.50. The number of aryl methyl sites for hydroxylation is 1. The van der Waals surface area contributed by atoms with Crippen molar-refractivity contribution in [2.24, 2.45) is 11.7 Å². The van der Waals surface area contributed by atoms with Gasteiger partial charge in [0.2, 0.25) is 0 Å². The van der Waals surface area contributed by atoms with Gasteiger partial charge in [0.1, 0.15) is 5.82 Å². The quantitative estimate of drug-likeness (QED) is 0.922. The van der Waals surface area contributed by atoms with Gasteiger partial charge in [-0.05, 0) is 53.2 Å². The molecule has 1 atom stereocenters. The third kappa shape index (κ3) is 2.38. The lowest BCUT2D eigenvalue weighted by Gasteiger charge is -2.28. The molecule has 1 aromatic rings. The number of rotatable bonds is 4. The molecule has 1 aliphatic rings. The van der Waals surface area contributed by atoms with Crippen LogP contribution in [-0.2, 0) is 0 Å². The van der Waals surface area contributed by atoms with E-state index in [-0.39, 0.29) is 0 Å². The molecule has 3 nitrogen and oxygen atoms in total. The molecule has 0 aromatic carbocycles. The molecule has 1 aromatic heterocycles. The van der Waals surface area contributed by atoms with Gasteiger partial charge >= 0.3 is 0 Å². The first kappa shape index (κ1) is 11.9. The molecule has 2 rings (SSSR count). The Morgan fingerprint density at radius 3 is 2.81 bits per heavy atom. The van der Waals surface area contributed by atoms with Crippen molar-refractivity contribution in [2.75, 3.05) is 18.5 Å². The molecule has 4 heteroatoms. The van der Waals surface area contributed by atoms with Crippen LogP contribution < -0.4 is 10.6 Å². The van der Waals surface area contributed by atoms with E-state index < -0.39 is 0 Å². The van der Waals surface area contributed by atoms with Crippen LogP contribution in [0.25, 0.3) is 0 Å². The van der Waals surface area contributed by atoms with Gasteiger partial charge in [-0.15, -0.1) is 0 Å². The maximum Gasteiger partial charge on any atom is 0.128 e. The van der Waals surface area contributed by atoms with Crippen molar-refractivity contribution in [3.63, 3.8) is 0 Å². The fraction of sp³-hybridized carbons (Fsp3) is 0.583. The van der Waals surface area contributed by atoms with Gasteiger partial charge in [-0.25, -0.2) is 4.98 Å². The molecule has 0 spiro atoms. The Labute approximate surface area is 105 Å². The van der Waals surface area contributed by atoms with Crippen LogP contribution in [0.2, 0.25) is 0 Å². The molecule has 0 saturated heterocycles. The first-order valence-electron chi connectivity index (χ1n) is 5.68. The minimum absolute atomic E-state index is 0.438. The van der Waals surface area contributed by atoms with Gasteiger partial charge in [-0.3, -0.25) is 0 Å². The van der Waals surface area contributed by atoms with E-state index in [2.05, 4.69) is 45.9 Å². The Hall–Kier alpha value is -0.610. The molecule has 1 aliphatic carbocycles. The summed E-state index contributed by atoms with van der Waals surface area (Å²) >= 11 is 3.47. The lowest BCUT2D eigenvalue weighted by atomic mass is 10.1. The third-order valence-corrected chi connectivity index (χ3v) is 4.13. The first-order chi connectivity index (χ1) is 7.63. The van der Waals surface area contributed by atoms with Gasteiger partial charge in [-0.1, -0.05) is 0 Å². The van der Waals surface area contributed by atoms with Crippen LogP contribution in [0.1, 0.15) is 18.4 Å². The smallest absolute Gasteiger partial charge is 0.128 e. The van der Waals surface area contributed by atoms with Gasteiger partial charge in [0, 0.05) is 30.3 Å². The lowest BCUT2D eigenvalue weighted by molar-refractivity contribution is 0.566. The summed E-state index contributed by atoms with van der Waals surface area (Å²) in [5.41, 5.74) is 7.05. The van der Waals surface area contributed by atoms with E-state index in [1.165, 1.54) is 18.4 Å². The minimum atomic E-state index is 0.438. The largest absolute Gasteiger partial charge is 0.355 e. The van der Waals surface area contributed by atoms with Crippen molar-refractivity contribution in [1.29, 1.82) is 0 Å². The van der Waals surface area contributed by atoms with Crippen LogP contribution in [0.5, 0.6) is 0 Å². The molecule has 0 amide bonds. The summed E-state index contributed by atoms with van der Waals surface area (Å²) in [6, 6.07) is 2.54. The molecule has 0 aliphatic heterocycles. The minimum Gasteiger partial charge on any atom is -0.355 e. The zero-order chi connectivity index (χ0) is 11.7. The highest BCUT2D eigenvalue weighted by atomic mass is 79.9. The predicted octanol–water partition coefficient (Wildman–Crippen LogP) is 2.33. The number of likely N-dealkylation sites (N-methyl/N-ethyl adjacent to an activating group) is 1. The molecule has 2 N–H and O–H groups in total. The van der Waals surface area contributed by atoms with Crippen molar-refractivity contribution in [3.8, 4) is 0 Å². The molecular formula is C12H18BrN3. The number of hydrogen-bond acceptors (Lipinski definition) is 3. The van der Waals surface area contributed by atoms with E-state index in [1.807, 2.05) is 6.20 Å². The maximum absolute atomic E-state index is 5.84. The lowest BCUT2D eigenvalue weighted by Crippen LogP contribution is -2.40. The molecule has 0 radical (unpaired) electrons. The normalized spacial score (nSPS) is 17.2. The second-order valence-corrected chi connectivity index (χ2v) is 5.40. The SMILES string of the molecule is Cc1cc(N(C)C(CN)C2CC2)ncc1Br. The van der Waals surface area contributed by atoms with E-state index in [1.54, 1.807) is 0 Å². The summed E-state index contributed by atoms with van der Waals surface area (Å²) < 4.78 is 1.06. The van der Waals surface area contributed by atoms with Crippen LogP contribution in [0, 0.1) is 12.8 Å². The number of nitrogens with zero attached hydrogens (tertiary/aromatic N) is 2. The number of pyridine rings is 1. The summed E-state index contributed by atoms with van der Waals surface area (Å²) in [7, 11) is 2.09. The van der Waals surface area contributed by atoms with Crippen molar-refractivity contribution in [2.45, 2.75) is 25.8 Å². The van der Waals surface area contributed by atoms with Crippen LogP contribution in [0.15, 0.2) is 16.7 Å². The molecule has 16 heavy (non-hydrogen) atoms. The van der Waals surface area contributed by atoms with Crippen LogP contribution >= 0.6 is 15.9 Å². The molecule has 1 unspecified atom stereocenters. The molecule has 1 saturated carbocycles. The average molecular weight is 284 g/mol. The number of nitrogens with two attached hydrogens (primary N) is 1. The van der Waals surface area contributed by atoms with Crippen molar-refractivity contribution >= 4 is 21.7 Å². The highest BCUT2D eigenvalue weighted by molar-refractivity contribution is 9.10. The number of hydrogen-bond donors (Lipinski definition) is 1. The molecule has 0 bridgehead atoms. The molecular weight excluding hydrogens is 266 g/mol. The first-order valence-corrected chi connectivity index (χ1v) is 6.48. The molecule has 1 heterocycles. The summed E-state index contributed by atoms with van der Waals surface area (Å²) in [5.74, 6) is 1.78. The van der Waals surface area contributed by atoms with Gasteiger partial charge in [-0.2, -0.15) is 0 Å². The van der Waals surface area contributed by atoms with Crippen LogP contribution in [-0.4, -0.2) is 24.6 Å². The molecule has 88 valence electrons. The number of aromatic nitrogens is 1. The summed E-state index contributed by atoms with van der Waals surface area (Å²) in [4.78, 5) is 6.66. The Morgan fingerprint density at radius 1 is 1.62 bits per heavy atom. The number of anilines is 1. The van der Waals surface area contributed by atoms with Crippen molar-refractivity contribution < 1.29 is 0 Å². The average Bonchev–Trinajstić information content (AvgIpc) is 3.07. The highest BCUT2D eigenvalue weighted by Crippen LogP contribution is 2.36. The van der Waals surface area contributed by atoms with E-state index in [4.69, 9.17) is 5.73 Å². The van der Waals surface area contributed by atoms with Gasteiger partial charge in [0.25, 0.3) is 0 Å². The van der Waals surface area contributed by atoms with Gasteiger partial charge in [0.15, 0.2) is 0 Å². The van der Waals surface area contributed by atoms with E-state index in [0.717, 1.165) is 16.2 Å². The molecule has 1 fully saturated rings. The van der Waals surface area contributed by atoms with Crippen LogP contribution in [0.3, 0.4) is 0 Å². The Balaban J connectivity index is 2.18. The number of halogens is 1. The fourth-order valence-electron chi connectivity index (χ4n) is 2.04. The third-order valence-electron chi connectivity index (χ3n) is 3.30. The fourth-order valence-corrected chi connectivity index (χ4v) is 2.25. The predicted molar refractivity (Wildman–Crippen MR) is 70.6 cm³/mol. The zero-order valence-corrected chi connectivity index (χ0v) is 11.4. The van der Waals surface area contributed by atoms with Crippen LogP contribution in [0.4, 0.5) is 5.82 Å². The van der Waals surface area contributed by atoms with E-state index in [9.17, 15) is 0 Å². The second kappa shape index (κ2) is 4.72. The summed E-state index contributed by atoms with van der Waals surface area (Å²) in [6.45, 7) is 2.79. The van der Waals surface area contributed by atoms with Crippen molar-refractivity contribution in [1.82, 2.24) is 4.98 Å². The van der Waals surface area contributed by atoms with Gasteiger partial charge in [0.05, 0.1) is 0 Å². The van der Waals surface area contributed by atoms with Gasteiger partial charge < -0.3 is 10.6 Å². The van der Waals surface area contributed by atoms with E-state index in [0.29, 0.717) is 12.6 Å². The van der Waals surface area contributed by atoms with E-state index >= 15 is 0 Å². The Bertz CT molecular complexity index is 377. The monoisotopic (exact) mass is 283 g/mol. The zero-order valence-electron chi connectivity index (χ0n) is 9.78. The second-order valence-electron chi connectivity index (χ2n) is 4.54. The van der Waals surface area contributed by atoms with Crippen molar-refractivity contribution in [3.05, 3.63) is 22.3 Å². The summed E-state index contributed by atoms with van der Waals surface area (Å²) in [6.07, 6.45) is 4.48.